The van der Waals surface area contributed by atoms with Gasteiger partial charge in [-0.1, -0.05) is 13.8 Å². The molecule has 1 heterocycles. The quantitative estimate of drug-likeness (QED) is 0.215. The number of carbonyl (C=O) groups excluding carboxylic acids is 4. The highest BCUT2D eigenvalue weighted by atomic mass is 16.2. The standard InChI is InChI=1S/C27H52N6O4/c1-9-23(31-18-10-13-26(31)36)19-22(2)27(37)30(16-11-14-28-24(34)20-32(3,4)5)17-12-15-29-25(35)21-33(6,7)8/h22-23H,9-21H2,1-8H3/p+2. The van der Waals surface area contributed by atoms with E-state index in [1.807, 2.05) is 59.0 Å². The van der Waals surface area contributed by atoms with Gasteiger partial charge < -0.3 is 29.4 Å². The summed E-state index contributed by atoms with van der Waals surface area (Å²) in [4.78, 5) is 53.8. The Morgan fingerprint density at radius 3 is 1.78 bits per heavy atom. The van der Waals surface area contributed by atoms with Crippen molar-refractivity contribution in [1.82, 2.24) is 20.4 Å². The van der Waals surface area contributed by atoms with Crippen LogP contribution in [-0.2, 0) is 19.2 Å². The average molecular weight is 527 g/mol. The molecule has 0 aliphatic carbocycles. The fourth-order valence-electron chi connectivity index (χ4n) is 4.69. The van der Waals surface area contributed by atoms with Crippen molar-refractivity contribution in [3.63, 3.8) is 0 Å². The Bertz CT molecular complexity index is 723. The van der Waals surface area contributed by atoms with Crippen LogP contribution >= 0.6 is 0 Å². The molecule has 0 aromatic carbocycles. The monoisotopic (exact) mass is 526 g/mol. The van der Waals surface area contributed by atoms with Gasteiger partial charge in [-0.25, -0.2) is 0 Å². The highest BCUT2D eigenvalue weighted by molar-refractivity contribution is 5.80. The lowest BCUT2D eigenvalue weighted by Crippen LogP contribution is -2.46. The molecule has 2 N–H and O–H groups in total. The van der Waals surface area contributed by atoms with Gasteiger partial charge in [-0.05, 0) is 32.1 Å². The second-order valence-corrected chi connectivity index (χ2v) is 12.5. The van der Waals surface area contributed by atoms with Crippen molar-refractivity contribution in [3.8, 4) is 0 Å². The Kier molecular flexibility index (Phi) is 13.5. The molecule has 214 valence electrons. The Morgan fingerprint density at radius 2 is 1.41 bits per heavy atom. The molecule has 1 saturated heterocycles. The van der Waals surface area contributed by atoms with E-state index in [0.29, 0.717) is 73.9 Å². The maximum absolute atomic E-state index is 13.5. The zero-order valence-corrected chi connectivity index (χ0v) is 24.8. The maximum Gasteiger partial charge on any atom is 0.275 e. The largest absolute Gasteiger partial charge is 0.351 e. The number of nitrogens with zero attached hydrogens (tertiary/aromatic N) is 4. The van der Waals surface area contributed by atoms with Crippen LogP contribution in [0.4, 0.5) is 0 Å². The highest BCUT2D eigenvalue weighted by Crippen LogP contribution is 2.22. The predicted octanol–water partition coefficient (Wildman–Crippen LogP) is 0.667. The first-order valence-electron chi connectivity index (χ1n) is 13.9. The average Bonchev–Trinajstić information content (AvgIpc) is 3.18. The number of hydrogen-bond acceptors (Lipinski definition) is 4. The SMILES string of the molecule is CCC(CC(C)C(=O)N(CCCNC(=O)C[N+](C)(C)C)CCCNC(=O)C[N+](C)(C)C)N1CCCC1=O. The first-order chi connectivity index (χ1) is 17.1. The van der Waals surface area contributed by atoms with Gasteiger partial charge in [-0.15, -0.1) is 0 Å². The lowest BCUT2D eigenvalue weighted by Gasteiger charge is -2.31. The van der Waals surface area contributed by atoms with Crippen molar-refractivity contribution in [2.24, 2.45) is 5.92 Å². The van der Waals surface area contributed by atoms with Crippen LogP contribution in [0, 0.1) is 5.92 Å². The van der Waals surface area contributed by atoms with Gasteiger partial charge in [0.2, 0.25) is 11.8 Å². The molecule has 0 saturated carbocycles. The summed E-state index contributed by atoms with van der Waals surface area (Å²) in [7, 11) is 11.8. The van der Waals surface area contributed by atoms with E-state index >= 15 is 0 Å². The van der Waals surface area contributed by atoms with Crippen molar-refractivity contribution in [2.75, 3.05) is 88.1 Å². The van der Waals surface area contributed by atoms with Crippen LogP contribution in [0.2, 0.25) is 0 Å². The zero-order chi connectivity index (χ0) is 28.2. The van der Waals surface area contributed by atoms with Crippen LogP contribution < -0.4 is 10.6 Å². The number of carbonyl (C=O) groups is 4. The van der Waals surface area contributed by atoms with E-state index in [9.17, 15) is 19.2 Å². The molecule has 37 heavy (non-hydrogen) atoms. The molecular weight excluding hydrogens is 472 g/mol. The van der Waals surface area contributed by atoms with Crippen molar-refractivity contribution in [3.05, 3.63) is 0 Å². The van der Waals surface area contributed by atoms with Crippen LogP contribution in [0.3, 0.4) is 0 Å². The number of likely N-dealkylation sites (tertiary alicyclic amines) is 1. The molecule has 0 bridgehead atoms. The van der Waals surface area contributed by atoms with Gasteiger partial charge in [-0.3, -0.25) is 19.2 Å². The fourth-order valence-corrected chi connectivity index (χ4v) is 4.69. The number of rotatable bonds is 17. The smallest absolute Gasteiger partial charge is 0.275 e. The molecule has 1 fully saturated rings. The molecule has 0 aromatic heterocycles. The van der Waals surface area contributed by atoms with E-state index in [0.717, 1.165) is 19.4 Å². The van der Waals surface area contributed by atoms with Gasteiger partial charge in [0.25, 0.3) is 11.8 Å². The molecule has 2 atom stereocenters. The lowest BCUT2D eigenvalue weighted by molar-refractivity contribution is -0.862. The normalized spacial score (nSPS) is 15.9. The summed E-state index contributed by atoms with van der Waals surface area (Å²) in [5, 5.41) is 5.91. The third kappa shape index (κ3) is 13.8. The lowest BCUT2D eigenvalue weighted by atomic mass is 9.97. The number of quaternary nitrogens is 2. The summed E-state index contributed by atoms with van der Waals surface area (Å²) < 4.78 is 1.12. The fraction of sp³-hybridized carbons (Fsp3) is 0.852. The second kappa shape index (κ2) is 15.3. The first-order valence-corrected chi connectivity index (χ1v) is 13.9. The minimum atomic E-state index is -0.209. The van der Waals surface area contributed by atoms with Gasteiger partial charge in [0.05, 0.1) is 42.3 Å². The molecule has 2 unspecified atom stereocenters. The molecule has 1 rings (SSSR count). The molecule has 1 aliphatic rings. The van der Waals surface area contributed by atoms with Crippen LogP contribution in [0.15, 0.2) is 0 Å². The highest BCUT2D eigenvalue weighted by Gasteiger charge is 2.30. The van der Waals surface area contributed by atoms with Crippen molar-refractivity contribution >= 4 is 23.6 Å². The molecule has 0 radical (unpaired) electrons. The van der Waals surface area contributed by atoms with E-state index in [-0.39, 0.29) is 35.6 Å². The van der Waals surface area contributed by atoms with Crippen LogP contribution in [-0.4, -0.2) is 137 Å². The summed E-state index contributed by atoms with van der Waals surface area (Å²) in [5.41, 5.74) is 0. The number of nitrogens with one attached hydrogen (secondary N) is 2. The van der Waals surface area contributed by atoms with E-state index in [1.54, 1.807) is 0 Å². The van der Waals surface area contributed by atoms with Gasteiger partial charge in [0, 0.05) is 51.1 Å². The number of likely N-dealkylation sites (N-methyl/N-ethyl adjacent to an activating group) is 2. The molecule has 10 nitrogen and oxygen atoms in total. The third-order valence-corrected chi connectivity index (χ3v) is 6.47. The van der Waals surface area contributed by atoms with Crippen LogP contribution in [0.5, 0.6) is 0 Å². The Labute approximate surface area is 224 Å². The third-order valence-electron chi connectivity index (χ3n) is 6.47. The molecule has 1 aliphatic heterocycles. The van der Waals surface area contributed by atoms with E-state index in [4.69, 9.17) is 0 Å². The Balaban J connectivity index is 2.68. The van der Waals surface area contributed by atoms with Gasteiger partial charge >= 0.3 is 0 Å². The molecule has 4 amide bonds. The zero-order valence-electron chi connectivity index (χ0n) is 24.8. The molecule has 0 aromatic rings. The minimum Gasteiger partial charge on any atom is -0.351 e. The number of amides is 4. The Morgan fingerprint density at radius 1 is 0.919 bits per heavy atom. The number of hydrogen-bond donors (Lipinski definition) is 2. The molecule has 10 heteroatoms. The van der Waals surface area contributed by atoms with E-state index in [2.05, 4.69) is 17.6 Å². The minimum absolute atomic E-state index is 0.000208. The molecular formula is C27H54N6O4+2. The summed E-state index contributed by atoms with van der Waals surface area (Å²) in [6, 6.07) is 0.0837. The Hall–Kier alpha value is -2.20. The van der Waals surface area contributed by atoms with Crippen molar-refractivity contribution in [2.45, 2.75) is 58.4 Å². The second-order valence-electron chi connectivity index (χ2n) is 12.5. The van der Waals surface area contributed by atoms with Crippen molar-refractivity contribution < 1.29 is 28.1 Å². The van der Waals surface area contributed by atoms with Gasteiger partial charge in [-0.2, -0.15) is 0 Å². The molecule has 0 spiro atoms. The van der Waals surface area contributed by atoms with E-state index in [1.165, 1.54) is 0 Å². The predicted molar refractivity (Wildman–Crippen MR) is 146 cm³/mol. The van der Waals surface area contributed by atoms with Crippen LogP contribution in [0.25, 0.3) is 0 Å². The van der Waals surface area contributed by atoms with Gasteiger partial charge in [0.15, 0.2) is 13.1 Å². The topological polar surface area (TPSA) is 98.8 Å². The van der Waals surface area contributed by atoms with Crippen LogP contribution in [0.1, 0.15) is 52.4 Å². The van der Waals surface area contributed by atoms with E-state index < -0.39 is 0 Å². The maximum atomic E-state index is 13.5. The summed E-state index contributed by atoms with van der Waals surface area (Å²) in [6.07, 6.45) is 4.31. The summed E-state index contributed by atoms with van der Waals surface area (Å²) >= 11 is 0. The summed E-state index contributed by atoms with van der Waals surface area (Å²) in [6.45, 7) is 7.71. The summed E-state index contributed by atoms with van der Waals surface area (Å²) in [5.74, 6) is 0.0523. The first kappa shape index (κ1) is 32.8. The van der Waals surface area contributed by atoms with Gasteiger partial charge in [0.1, 0.15) is 0 Å². The van der Waals surface area contributed by atoms with Crippen molar-refractivity contribution in [1.29, 1.82) is 0 Å².